The van der Waals surface area contributed by atoms with Gasteiger partial charge in [-0.05, 0) is 18.4 Å². The van der Waals surface area contributed by atoms with E-state index in [0.29, 0.717) is 0 Å². The van der Waals surface area contributed by atoms with E-state index in [1.54, 1.807) is 6.92 Å². The molecule has 0 amide bonds. The summed E-state index contributed by atoms with van der Waals surface area (Å²) in [5, 5.41) is 10.3. The maximum Gasteiger partial charge on any atom is 0.305 e. The predicted octanol–water partition coefficient (Wildman–Crippen LogP) is 2.67. The standard InChI is InChI=1S/C9H9FNO2/c1-6(2)7-4-3-5-8(9(7)10)11(12)13/h3-6H,1H2,2H3. The quantitative estimate of drug-likeness (QED) is 0.521. The summed E-state index contributed by atoms with van der Waals surface area (Å²) in [7, 11) is 0. The zero-order chi connectivity index (χ0) is 10.0. The van der Waals surface area contributed by atoms with Gasteiger partial charge in [0.1, 0.15) is 0 Å². The van der Waals surface area contributed by atoms with Crippen molar-refractivity contribution < 1.29 is 9.31 Å². The van der Waals surface area contributed by atoms with Crippen LogP contribution in [0.1, 0.15) is 18.4 Å². The third-order valence-corrected chi connectivity index (χ3v) is 1.74. The highest BCUT2D eigenvalue weighted by Gasteiger charge is 2.18. The highest BCUT2D eigenvalue weighted by molar-refractivity contribution is 5.38. The first-order valence-corrected chi connectivity index (χ1v) is 3.80. The first-order chi connectivity index (χ1) is 6.04. The number of hydrogen-bond donors (Lipinski definition) is 0. The van der Waals surface area contributed by atoms with Gasteiger partial charge in [0.05, 0.1) is 4.92 Å². The summed E-state index contributed by atoms with van der Waals surface area (Å²) >= 11 is 0. The molecule has 1 rings (SSSR count). The van der Waals surface area contributed by atoms with E-state index in [9.17, 15) is 14.5 Å². The SMILES string of the molecule is [CH2]C(C)c1cccc([N+](=O)[O-])c1F. The Morgan fingerprint density at radius 3 is 2.69 bits per heavy atom. The third kappa shape index (κ3) is 1.83. The first kappa shape index (κ1) is 9.64. The van der Waals surface area contributed by atoms with E-state index in [2.05, 4.69) is 6.92 Å². The van der Waals surface area contributed by atoms with Crippen LogP contribution in [-0.2, 0) is 0 Å². The van der Waals surface area contributed by atoms with Crippen LogP contribution in [0.25, 0.3) is 0 Å². The Hall–Kier alpha value is -1.45. The molecule has 0 aliphatic heterocycles. The molecule has 0 bridgehead atoms. The average molecular weight is 182 g/mol. The van der Waals surface area contributed by atoms with Crippen LogP contribution in [-0.4, -0.2) is 4.92 Å². The second-order valence-corrected chi connectivity index (χ2v) is 2.84. The molecule has 0 spiro atoms. The van der Waals surface area contributed by atoms with Crippen LogP contribution in [0, 0.1) is 22.9 Å². The van der Waals surface area contributed by atoms with Crippen molar-refractivity contribution in [3.8, 4) is 0 Å². The summed E-state index contributed by atoms with van der Waals surface area (Å²) in [6.07, 6.45) is 0. The van der Waals surface area contributed by atoms with Crippen molar-refractivity contribution in [2.45, 2.75) is 12.8 Å². The lowest BCUT2D eigenvalue weighted by Gasteiger charge is -2.05. The summed E-state index contributed by atoms with van der Waals surface area (Å²) in [4.78, 5) is 9.61. The minimum absolute atomic E-state index is 0.272. The van der Waals surface area contributed by atoms with Crippen LogP contribution in [0.3, 0.4) is 0 Å². The Balaban J connectivity index is 3.26. The summed E-state index contributed by atoms with van der Waals surface area (Å²) in [6.45, 7) is 5.29. The lowest BCUT2D eigenvalue weighted by Crippen LogP contribution is -1.98. The van der Waals surface area contributed by atoms with Gasteiger partial charge < -0.3 is 0 Å². The maximum atomic E-state index is 13.3. The van der Waals surface area contributed by atoms with Gasteiger partial charge in [-0.2, -0.15) is 4.39 Å². The molecule has 0 aromatic heterocycles. The van der Waals surface area contributed by atoms with Gasteiger partial charge in [0.2, 0.25) is 5.82 Å². The molecule has 1 aromatic rings. The number of nitro benzene ring substituents is 1. The Bertz CT molecular complexity index is 336. The molecule has 1 unspecified atom stereocenters. The van der Waals surface area contributed by atoms with Crippen molar-refractivity contribution in [1.82, 2.24) is 0 Å². The highest BCUT2D eigenvalue weighted by Crippen LogP contribution is 2.25. The summed E-state index contributed by atoms with van der Waals surface area (Å²) in [6, 6.07) is 4.10. The first-order valence-electron chi connectivity index (χ1n) is 3.80. The molecule has 0 aliphatic rings. The second-order valence-electron chi connectivity index (χ2n) is 2.84. The van der Waals surface area contributed by atoms with Gasteiger partial charge in [-0.1, -0.05) is 19.1 Å². The Morgan fingerprint density at radius 2 is 2.23 bits per heavy atom. The number of nitro groups is 1. The molecule has 4 heteroatoms. The molecule has 0 aliphatic carbocycles. The molecule has 13 heavy (non-hydrogen) atoms. The van der Waals surface area contributed by atoms with Gasteiger partial charge in [-0.15, -0.1) is 0 Å². The Labute approximate surface area is 75.3 Å². The van der Waals surface area contributed by atoms with Crippen LogP contribution in [0.5, 0.6) is 0 Å². The van der Waals surface area contributed by atoms with Gasteiger partial charge in [-0.25, -0.2) is 0 Å². The minimum Gasteiger partial charge on any atom is -0.258 e. The van der Waals surface area contributed by atoms with Gasteiger partial charge in [-0.3, -0.25) is 10.1 Å². The fraction of sp³-hybridized carbons (Fsp3) is 0.222. The van der Waals surface area contributed by atoms with Gasteiger partial charge in [0.25, 0.3) is 0 Å². The summed E-state index contributed by atoms with van der Waals surface area (Å²) in [5.74, 6) is -1.07. The Morgan fingerprint density at radius 1 is 1.62 bits per heavy atom. The van der Waals surface area contributed by atoms with Crippen molar-refractivity contribution in [3.05, 3.63) is 46.6 Å². The van der Waals surface area contributed by atoms with Gasteiger partial charge >= 0.3 is 5.69 Å². The van der Waals surface area contributed by atoms with E-state index in [0.717, 1.165) is 6.07 Å². The molecule has 1 radical (unpaired) electrons. The van der Waals surface area contributed by atoms with Crippen LogP contribution < -0.4 is 0 Å². The van der Waals surface area contributed by atoms with Gasteiger partial charge in [0, 0.05) is 6.07 Å². The summed E-state index contributed by atoms with van der Waals surface area (Å²) in [5.41, 5.74) is -0.220. The molecule has 1 atom stereocenters. The van der Waals surface area contributed by atoms with Crippen LogP contribution in [0.2, 0.25) is 0 Å². The number of nitrogens with zero attached hydrogens (tertiary/aromatic N) is 1. The van der Waals surface area contributed by atoms with Crippen LogP contribution >= 0.6 is 0 Å². The lowest BCUT2D eigenvalue weighted by molar-refractivity contribution is -0.387. The zero-order valence-corrected chi connectivity index (χ0v) is 7.16. The third-order valence-electron chi connectivity index (χ3n) is 1.74. The smallest absolute Gasteiger partial charge is 0.258 e. The van der Waals surface area contributed by atoms with E-state index in [1.807, 2.05) is 0 Å². The number of benzene rings is 1. The Kier molecular flexibility index (Phi) is 2.60. The van der Waals surface area contributed by atoms with Crippen molar-refractivity contribution in [1.29, 1.82) is 0 Å². The van der Waals surface area contributed by atoms with E-state index in [1.165, 1.54) is 12.1 Å². The van der Waals surface area contributed by atoms with Crippen LogP contribution in [0.15, 0.2) is 18.2 Å². The molecule has 0 saturated carbocycles. The van der Waals surface area contributed by atoms with Crippen molar-refractivity contribution in [3.63, 3.8) is 0 Å². The van der Waals surface area contributed by atoms with Crippen molar-refractivity contribution in [2.75, 3.05) is 0 Å². The summed E-state index contributed by atoms with van der Waals surface area (Å²) < 4.78 is 13.3. The van der Waals surface area contributed by atoms with Crippen molar-refractivity contribution in [2.24, 2.45) is 0 Å². The van der Waals surface area contributed by atoms with E-state index < -0.39 is 16.4 Å². The van der Waals surface area contributed by atoms with Crippen molar-refractivity contribution >= 4 is 5.69 Å². The maximum absolute atomic E-state index is 13.3. The number of rotatable bonds is 2. The molecule has 0 saturated heterocycles. The average Bonchev–Trinajstić information content (AvgIpc) is 2.03. The van der Waals surface area contributed by atoms with Crippen LogP contribution in [0.4, 0.5) is 10.1 Å². The van der Waals surface area contributed by atoms with Gasteiger partial charge in [0.15, 0.2) is 0 Å². The predicted molar refractivity (Wildman–Crippen MR) is 46.8 cm³/mol. The van der Waals surface area contributed by atoms with E-state index in [-0.39, 0.29) is 11.5 Å². The molecule has 0 heterocycles. The molecular formula is C9H9FNO2. The zero-order valence-electron chi connectivity index (χ0n) is 7.16. The second kappa shape index (κ2) is 3.51. The fourth-order valence-electron chi connectivity index (χ4n) is 1.06. The highest BCUT2D eigenvalue weighted by atomic mass is 19.1. The fourth-order valence-corrected chi connectivity index (χ4v) is 1.06. The number of hydrogen-bond acceptors (Lipinski definition) is 2. The van der Waals surface area contributed by atoms with E-state index >= 15 is 0 Å². The largest absolute Gasteiger partial charge is 0.305 e. The molecule has 0 N–H and O–H groups in total. The monoisotopic (exact) mass is 182 g/mol. The lowest BCUT2D eigenvalue weighted by atomic mass is 10.0. The normalized spacial score (nSPS) is 10.5. The molecule has 69 valence electrons. The molecule has 1 aromatic carbocycles. The van der Waals surface area contributed by atoms with E-state index in [4.69, 9.17) is 0 Å². The molecule has 3 nitrogen and oxygen atoms in total. The topological polar surface area (TPSA) is 43.1 Å². The minimum atomic E-state index is -0.782. The molecule has 0 fully saturated rings. The number of halogens is 1. The molecular weight excluding hydrogens is 173 g/mol.